The Labute approximate surface area is 119 Å². The van der Waals surface area contributed by atoms with E-state index in [9.17, 15) is 9.59 Å². The number of hydrogen-bond donors (Lipinski definition) is 2. The van der Waals surface area contributed by atoms with Crippen molar-refractivity contribution in [1.29, 1.82) is 0 Å². The van der Waals surface area contributed by atoms with Crippen molar-refractivity contribution >= 4 is 11.8 Å². The third-order valence-electron chi connectivity index (χ3n) is 3.58. The van der Waals surface area contributed by atoms with Gasteiger partial charge in [-0.2, -0.15) is 0 Å². The minimum Gasteiger partial charge on any atom is -0.354 e. The molecule has 1 atom stereocenters. The minimum absolute atomic E-state index is 0.00747. The van der Waals surface area contributed by atoms with Crippen LogP contribution in [0.25, 0.3) is 0 Å². The number of amides is 2. The molecule has 20 heavy (non-hydrogen) atoms. The molecule has 1 unspecified atom stereocenters. The Morgan fingerprint density at radius 1 is 1.25 bits per heavy atom. The highest BCUT2D eigenvalue weighted by atomic mass is 16.2. The van der Waals surface area contributed by atoms with Crippen molar-refractivity contribution in [2.75, 3.05) is 6.54 Å². The smallest absolute Gasteiger partial charge is 0.242 e. The Hall–Kier alpha value is -1.84. The van der Waals surface area contributed by atoms with E-state index in [-0.39, 0.29) is 17.9 Å². The lowest BCUT2D eigenvalue weighted by molar-refractivity contribution is -0.128. The summed E-state index contributed by atoms with van der Waals surface area (Å²) in [6.45, 7) is 0.653. The number of nitrogens with one attached hydrogen (secondary N) is 2. The molecule has 1 aromatic rings. The molecular weight excluding hydrogens is 252 g/mol. The van der Waals surface area contributed by atoms with E-state index < -0.39 is 0 Å². The molecule has 1 aliphatic heterocycles. The van der Waals surface area contributed by atoms with Gasteiger partial charge in [0, 0.05) is 13.0 Å². The molecule has 1 fully saturated rings. The van der Waals surface area contributed by atoms with Gasteiger partial charge in [-0.15, -0.1) is 0 Å². The average molecular weight is 274 g/mol. The maximum atomic E-state index is 12.0. The van der Waals surface area contributed by atoms with Crippen molar-refractivity contribution in [2.45, 2.75) is 44.6 Å². The van der Waals surface area contributed by atoms with Gasteiger partial charge in [-0.3, -0.25) is 9.59 Å². The van der Waals surface area contributed by atoms with Crippen LogP contribution in [0.15, 0.2) is 30.3 Å². The fourth-order valence-corrected chi connectivity index (χ4v) is 2.44. The minimum atomic E-state index is -0.346. The third kappa shape index (κ3) is 4.68. The van der Waals surface area contributed by atoms with Gasteiger partial charge in [0.15, 0.2) is 0 Å². The molecule has 108 valence electrons. The van der Waals surface area contributed by atoms with Crippen LogP contribution >= 0.6 is 0 Å². The third-order valence-corrected chi connectivity index (χ3v) is 3.58. The van der Waals surface area contributed by atoms with Crippen molar-refractivity contribution in [3.05, 3.63) is 35.9 Å². The highest BCUT2D eigenvalue weighted by molar-refractivity contribution is 5.87. The fraction of sp³-hybridized carbons (Fsp3) is 0.500. The molecule has 4 nitrogen and oxygen atoms in total. The van der Waals surface area contributed by atoms with Gasteiger partial charge in [-0.1, -0.05) is 36.8 Å². The van der Waals surface area contributed by atoms with Crippen LogP contribution in [-0.4, -0.2) is 24.4 Å². The number of rotatable bonds is 5. The lowest BCUT2D eigenvalue weighted by Crippen LogP contribution is -2.45. The Kier molecular flexibility index (Phi) is 5.59. The number of hydrogen-bond acceptors (Lipinski definition) is 2. The van der Waals surface area contributed by atoms with Crippen LogP contribution in [0.4, 0.5) is 0 Å². The van der Waals surface area contributed by atoms with Gasteiger partial charge in [-0.05, 0) is 31.2 Å². The molecule has 1 saturated heterocycles. The average Bonchev–Trinajstić information content (AvgIpc) is 2.69. The number of aryl methyl sites for hydroxylation is 1. The zero-order chi connectivity index (χ0) is 14.2. The van der Waals surface area contributed by atoms with Crippen LogP contribution in [-0.2, 0) is 16.0 Å². The first kappa shape index (κ1) is 14.6. The summed E-state index contributed by atoms with van der Waals surface area (Å²) in [5.41, 5.74) is 1.28. The number of carbonyl (C=O) groups excluding carboxylic acids is 2. The number of benzene rings is 1. The van der Waals surface area contributed by atoms with E-state index >= 15 is 0 Å². The predicted molar refractivity (Wildman–Crippen MR) is 78.2 cm³/mol. The lowest BCUT2D eigenvalue weighted by atomic mass is 10.1. The molecule has 1 heterocycles. The second kappa shape index (κ2) is 7.68. The largest absolute Gasteiger partial charge is 0.354 e. The fourth-order valence-electron chi connectivity index (χ4n) is 2.44. The molecule has 4 heteroatoms. The normalized spacial score (nSPS) is 19.0. The highest BCUT2D eigenvalue weighted by Crippen LogP contribution is 2.09. The molecule has 0 aliphatic carbocycles. The highest BCUT2D eigenvalue weighted by Gasteiger charge is 2.22. The first-order chi connectivity index (χ1) is 9.75. The number of carbonyl (C=O) groups is 2. The second-order valence-corrected chi connectivity index (χ2v) is 5.25. The van der Waals surface area contributed by atoms with Crippen LogP contribution < -0.4 is 10.6 Å². The monoisotopic (exact) mass is 274 g/mol. The van der Waals surface area contributed by atoms with E-state index in [1.165, 1.54) is 5.56 Å². The molecule has 2 rings (SSSR count). The maximum absolute atomic E-state index is 12.0. The van der Waals surface area contributed by atoms with Gasteiger partial charge in [0.2, 0.25) is 11.8 Å². The van der Waals surface area contributed by atoms with Gasteiger partial charge in [0.25, 0.3) is 0 Å². The molecule has 0 radical (unpaired) electrons. The molecule has 1 aromatic carbocycles. The summed E-state index contributed by atoms with van der Waals surface area (Å²) in [5, 5.41) is 5.70. The van der Waals surface area contributed by atoms with E-state index in [0.717, 1.165) is 32.1 Å². The predicted octanol–water partition coefficient (Wildman–Crippen LogP) is 1.79. The van der Waals surface area contributed by atoms with Crippen LogP contribution in [0, 0.1) is 0 Å². The molecule has 0 aromatic heterocycles. The van der Waals surface area contributed by atoms with Crippen molar-refractivity contribution in [1.82, 2.24) is 10.6 Å². The first-order valence-corrected chi connectivity index (χ1v) is 7.37. The Morgan fingerprint density at radius 3 is 2.85 bits per heavy atom. The summed E-state index contributed by atoms with van der Waals surface area (Å²) in [7, 11) is 0. The van der Waals surface area contributed by atoms with E-state index in [1.807, 2.05) is 18.2 Å². The molecular formula is C16H22N2O2. The Morgan fingerprint density at radius 2 is 2.05 bits per heavy atom. The summed E-state index contributed by atoms with van der Waals surface area (Å²) in [6, 6.07) is 9.88. The van der Waals surface area contributed by atoms with Crippen LogP contribution in [0.3, 0.4) is 0 Å². The Bertz CT molecular complexity index is 445. The Balaban J connectivity index is 1.68. The molecule has 2 N–H and O–H groups in total. The first-order valence-electron chi connectivity index (χ1n) is 7.37. The van der Waals surface area contributed by atoms with E-state index in [2.05, 4.69) is 22.8 Å². The maximum Gasteiger partial charge on any atom is 0.242 e. The van der Waals surface area contributed by atoms with Crippen LogP contribution in [0.1, 0.15) is 37.7 Å². The lowest BCUT2D eigenvalue weighted by Gasteiger charge is -2.15. The molecule has 2 amide bonds. The van der Waals surface area contributed by atoms with Crippen molar-refractivity contribution < 1.29 is 9.59 Å². The summed E-state index contributed by atoms with van der Waals surface area (Å²) in [5.74, 6) is -0.0553. The van der Waals surface area contributed by atoms with Crippen LogP contribution in [0.2, 0.25) is 0 Å². The quantitative estimate of drug-likeness (QED) is 0.804. The standard InChI is InChI=1S/C16H22N2O2/c19-15-11-5-4-10-14(18-15)16(20)17-12-6-9-13-7-2-1-3-8-13/h1-3,7-8,14H,4-6,9-12H2,(H,17,20)(H,18,19). The van der Waals surface area contributed by atoms with Gasteiger partial charge < -0.3 is 10.6 Å². The molecule has 0 bridgehead atoms. The second-order valence-electron chi connectivity index (χ2n) is 5.25. The topological polar surface area (TPSA) is 58.2 Å². The zero-order valence-corrected chi connectivity index (χ0v) is 11.7. The summed E-state index contributed by atoms with van der Waals surface area (Å²) >= 11 is 0. The van der Waals surface area contributed by atoms with Crippen molar-refractivity contribution in [3.63, 3.8) is 0 Å². The van der Waals surface area contributed by atoms with Crippen LogP contribution in [0.5, 0.6) is 0 Å². The summed E-state index contributed by atoms with van der Waals surface area (Å²) < 4.78 is 0. The van der Waals surface area contributed by atoms with Crippen molar-refractivity contribution in [3.8, 4) is 0 Å². The molecule has 0 saturated carbocycles. The van der Waals surface area contributed by atoms with Gasteiger partial charge in [-0.25, -0.2) is 0 Å². The molecule has 0 spiro atoms. The molecule has 1 aliphatic rings. The zero-order valence-electron chi connectivity index (χ0n) is 11.7. The van der Waals surface area contributed by atoms with Gasteiger partial charge in [0.05, 0.1) is 0 Å². The van der Waals surface area contributed by atoms with E-state index in [0.29, 0.717) is 13.0 Å². The SMILES string of the molecule is O=C1CCCCC(C(=O)NCCCc2ccccc2)N1. The summed E-state index contributed by atoms with van der Waals surface area (Å²) in [4.78, 5) is 23.4. The van der Waals surface area contributed by atoms with Gasteiger partial charge >= 0.3 is 0 Å². The van der Waals surface area contributed by atoms with Crippen molar-refractivity contribution in [2.24, 2.45) is 0 Å². The summed E-state index contributed by atoms with van der Waals surface area (Å²) in [6.07, 6.45) is 4.97. The van der Waals surface area contributed by atoms with Gasteiger partial charge in [0.1, 0.15) is 6.04 Å². The van der Waals surface area contributed by atoms with E-state index in [1.54, 1.807) is 0 Å². The van der Waals surface area contributed by atoms with E-state index in [4.69, 9.17) is 0 Å².